The van der Waals surface area contributed by atoms with Crippen LogP contribution >= 0.6 is 0 Å². The van der Waals surface area contributed by atoms with Gasteiger partial charge in [-0.1, -0.05) is 55.3 Å². The predicted octanol–water partition coefficient (Wildman–Crippen LogP) is 4.10. The van der Waals surface area contributed by atoms with Gasteiger partial charge in [0.2, 0.25) is 5.91 Å². The molecule has 0 spiro atoms. The molecule has 1 aliphatic rings. The topological polar surface area (TPSA) is 58.2 Å². The molecule has 0 aromatic heterocycles. The van der Waals surface area contributed by atoms with Crippen molar-refractivity contribution in [2.24, 2.45) is 0 Å². The van der Waals surface area contributed by atoms with Gasteiger partial charge in [-0.2, -0.15) is 0 Å². The number of Topliss-reactive ketones (excluding diaryl/α,β-unsaturated/α-hetero) is 1. The van der Waals surface area contributed by atoms with Gasteiger partial charge in [0.15, 0.2) is 5.78 Å². The van der Waals surface area contributed by atoms with E-state index in [1.54, 1.807) is 18.2 Å². The van der Waals surface area contributed by atoms with Crippen LogP contribution in [-0.4, -0.2) is 17.7 Å². The molecule has 0 saturated heterocycles. The molecule has 3 rings (SSSR count). The summed E-state index contributed by atoms with van der Waals surface area (Å²) < 4.78 is 0. The summed E-state index contributed by atoms with van der Waals surface area (Å²) in [5.41, 5.74) is 2.19. The number of amides is 1. The average Bonchev–Trinajstić information content (AvgIpc) is 3.14. The number of benzene rings is 2. The second kappa shape index (κ2) is 8.08. The summed E-state index contributed by atoms with van der Waals surface area (Å²) in [5.74, 6) is -0.112. The van der Waals surface area contributed by atoms with Crippen molar-refractivity contribution >= 4 is 17.4 Å². The monoisotopic (exact) mass is 336 g/mol. The Balaban J connectivity index is 1.78. The molecule has 130 valence electrons. The number of rotatable bonds is 6. The second-order valence-electron chi connectivity index (χ2n) is 6.62. The maximum atomic E-state index is 12.9. The summed E-state index contributed by atoms with van der Waals surface area (Å²) in [5, 5.41) is 6.47. The maximum absolute atomic E-state index is 12.9. The molecule has 1 atom stereocenters. The first-order valence-corrected chi connectivity index (χ1v) is 8.86. The van der Waals surface area contributed by atoms with E-state index in [9.17, 15) is 9.59 Å². The van der Waals surface area contributed by atoms with Crippen LogP contribution in [0.1, 0.15) is 54.6 Å². The van der Waals surface area contributed by atoms with E-state index in [1.807, 2.05) is 36.4 Å². The molecule has 1 aliphatic carbocycles. The van der Waals surface area contributed by atoms with Crippen molar-refractivity contribution in [1.82, 2.24) is 5.32 Å². The summed E-state index contributed by atoms with van der Waals surface area (Å²) >= 11 is 0. The largest absolute Gasteiger partial charge is 0.324 e. The highest BCUT2D eigenvalue weighted by Gasteiger charge is 2.25. The third-order valence-corrected chi connectivity index (χ3v) is 4.69. The fourth-order valence-electron chi connectivity index (χ4n) is 3.33. The Bertz CT molecular complexity index is 737. The van der Waals surface area contributed by atoms with E-state index in [0.717, 1.165) is 18.4 Å². The van der Waals surface area contributed by atoms with Crippen LogP contribution in [0.5, 0.6) is 0 Å². The second-order valence-corrected chi connectivity index (χ2v) is 6.62. The molecule has 2 N–H and O–H groups in total. The Kier molecular flexibility index (Phi) is 5.61. The van der Waals surface area contributed by atoms with Gasteiger partial charge in [0, 0.05) is 17.3 Å². The number of ketones is 1. The normalized spacial score (nSPS) is 15.7. The third-order valence-electron chi connectivity index (χ3n) is 4.69. The smallest absolute Gasteiger partial charge is 0.246 e. The zero-order chi connectivity index (χ0) is 17.6. The van der Waals surface area contributed by atoms with E-state index in [-0.39, 0.29) is 11.7 Å². The van der Waals surface area contributed by atoms with Gasteiger partial charge in [0.1, 0.15) is 6.04 Å². The lowest BCUT2D eigenvalue weighted by Gasteiger charge is -2.23. The molecule has 25 heavy (non-hydrogen) atoms. The van der Waals surface area contributed by atoms with E-state index < -0.39 is 6.04 Å². The minimum atomic E-state index is -0.398. The van der Waals surface area contributed by atoms with Crippen molar-refractivity contribution in [3.63, 3.8) is 0 Å². The van der Waals surface area contributed by atoms with Gasteiger partial charge in [0.25, 0.3) is 0 Å². The molecule has 1 amide bonds. The molecule has 0 heterocycles. The lowest BCUT2D eigenvalue weighted by Crippen LogP contribution is -2.38. The molecule has 1 saturated carbocycles. The van der Waals surface area contributed by atoms with Gasteiger partial charge < -0.3 is 5.32 Å². The highest BCUT2D eigenvalue weighted by Crippen LogP contribution is 2.23. The van der Waals surface area contributed by atoms with Crippen LogP contribution < -0.4 is 10.6 Å². The Morgan fingerprint density at radius 1 is 1.00 bits per heavy atom. The van der Waals surface area contributed by atoms with Crippen molar-refractivity contribution in [3.8, 4) is 0 Å². The molecular formula is C21H24N2O2. The number of hydrogen-bond donors (Lipinski definition) is 2. The van der Waals surface area contributed by atoms with Gasteiger partial charge in [-0.25, -0.2) is 0 Å². The first-order valence-electron chi connectivity index (χ1n) is 8.86. The van der Waals surface area contributed by atoms with E-state index in [1.165, 1.54) is 19.8 Å². The first kappa shape index (κ1) is 17.4. The highest BCUT2D eigenvalue weighted by molar-refractivity contribution is 5.98. The highest BCUT2D eigenvalue weighted by atomic mass is 16.2. The van der Waals surface area contributed by atoms with E-state index in [4.69, 9.17) is 0 Å². The van der Waals surface area contributed by atoms with Gasteiger partial charge in [-0.05, 0) is 37.5 Å². The van der Waals surface area contributed by atoms with Crippen molar-refractivity contribution in [1.29, 1.82) is 0 Å². The van der Waals surface area contributed by atoms with Crippen LogP contribution in [-0.2, 0) is 4.79 Å². The molecule has 0 radical (unpaired) electrons. The Morgan fingerprint density at radius 3 is 2.40 bits per heavy atom. The standard InChI is InChI=1S/C21H24N2O2/c1-15(24)17-10-7-13-19(14-17)23-21(25)20(16-8-3-2-4-9-16)22-18-11-5-6-12-18/h2-4,7-10,13-14,18,20,22H,5-6,11-12H2,1H3,(H,23,25)/t20-/m1/s1. The van der Waals surface area contributed by atoms with Crippen LogP contribution in [0.2, 0.25) is 0 Å². The molecule has 1 fully saturated rings. The number of carbonyl (C=O) groups is 2. The molecule has 4 heteroatoms. The van der Waals surface area contributed by atoms with Crippen molar-refractivity contribution in [2.45, 2.75) is 44.7 Å². The molecule has 0 aliphatic heterocycles. The van der Waals surface area contributed by atoms with Crippen LogP contribution in [0.4, 0.5) is 5.69 Å². The molecule has 2 aromatic rings. The van der Waals surface area contributed by atoms with Crippen LogP contribution in [0, 0.1) is 0 Å². The van der Waals surface area contributed by atoms with E-state index >= 15 is 0 Å². The number of carbonyl (C=O) groups excluding carboxylic acids is 2. The predicted molar refractivity (Wildman–Crippen MR) is 99.7 cm³/mol. The number of anilines is 1. The van der Waals surface area contributed by atoms with E-state index in [2.05, 4.69) is 10.6 Å². The lowest BCUT2D eigenvalue weighted by molar-refractivity contribution is -0.118. The van der Waals surface area contributed by atoms with Crippen molar-refractivity contribution in [2.75, 3.05) is 5.32 Å². The van der Waals surface area contributed by atoms with Crippen LogP contribution in [0.3, 0.4) is 0 Å². The van der Waals surface area contributed by atoms with Crippen molar-refractivity contribution in [3.05, 3.63) is 65.7 Å². The fourth-order valence-corrected chi connectivity index (χ4v) is 3.33. The summed E-state index contributed by atoms with van der Waals surface area (Å²) in [7, 11) is 0. The molecule has 0 unspecified atom stereocenters. The summed E-state index contributed by atoms with van der Waals surface area (Å²) in [6.45, 7) is 1.52. The summed E-state index contributed by atoms with van der Waals surface area (Å²) in [6.07, 6.45) is 4.63. The third kappa shape index (κ3) is 4.54. The fraction of sp³-hybridized carbons (Fsp3) is 0.333. The minimum Gasteiger partial charge on any atom is -0.324 e. The molecule has 0 bridgehead atoms. The first-order chi connectivity index (χ1) is 12.1. The summed E-state index contributed by atoms with van der Waals surface area (Å²) in [4.78, 5) is 24.5. The SMILES string of the molecule is CC(=O)c1cccc(NC(=O)[C@H](NC2CCCC2)c2ccccc2)c1. The molecular weight excluding hydrogens is 312 g/mol. The lowest BCUT2D eigenvalue weighted by atomic mass is 10.0. The zero-order valence-electron chi connectivity index (χ0n) is 14.5. The molecule has 2 aromatic carbocycles. The maximum Gasteiger partial charge on any atom is 0.246 e. The van der Waals surface area contributed by atoms with Gasteiger partial charge >= 0.3 is 0 Å². The minimum absolute atomic E-state index is 0.0141. The zero-order valence-corrected chi connectivity index (χ0v) is 14.5. The Morgan fingerprint density at radius 2 is 1.72 bits per heavy atom. The van der Waals surface area contributed by atoms with Gasteiger partial charge in [-0.3, -0.25) is 14.9 Å². The van der Waals surface area contributed by atoms with Crippen LogP contribution in [0.15, 0.2) is 54.6 Å². The Labute approximate surface area is 148 Å². The van der Waals surface area contributed by atoms with E-state index in [0.29, 0.717) is 17.3 Å². The number of nitrogens with one attached hydrogen (secondary N) is 2. The molecule has 4 nitrogen and oxygen atoms in total. The van der Waals surface area contributed by atoms with Gasteiger partial charge in [-0.15, -0.1) is 0 Å². The average molecular weight is 336 g/mol. The van der Waals surface area contributed by atoms with Gasteiger partial charge in [0.05, 0.1) is 0 Å². The number of hydrogen-bond acceptors (Lipinski definition) is 3. The van der Waals surface area contributed by atoms with Crippen LogP contribution in [0.25, 0.3) is 0 Å². The quantitative estimate of drug-likeness (QED) is 0.781. The van der Waals surface area contributed by atoms with Crippen molar-refractivity contribution < 1.29 is 9.59 Å². The summed E-state index contributed by atoms with van der Waals surface area (Å²) in [6, 6.07) is 16.8. The Hall–Kier alpha value is -2.46.